The van der Waals surface area contributed by atoms with Crippen molar-refractivity contribution in [3.63, 3.8) is 0 Å². The van der Waals surface area contributed by atoms with Crippen LogP contribution in [0.15, 0.2) is 51.8 Å². The van der Waals surface area contributed by atoms with E-state index in [1.807, 2.05) is 18.2 Å². The van der Waals surface area contributed by atoms with Crippen LogP contribution in [0, 0.1) is 5.82 Å². The molecule has 1 aliphatic heterocycles. The summed E-state index contributed by atoms with van der Waals surface area (Å²) < 4.78 is 20.8. The fourth-order valence-corrected chi connectivity index (χ4v) is 5.59. The quantitative estimate of drug-likeness (QED) is 0.384. The van der Waals surface area contributed by atoms with E-state index in [0.717, 1.165) is 39.0 Å². The summed E-state index contributed by atoms with van der Waals surface area (Å²) in [5.41, 5.74) is 0.888. The Balaban J connectivity index is 1.47. The van der Waals surface area contributed by atoms with Gasteiger partial charge in [-0.05, 0) is 55.3 Å². The molecule has 0 spiro atoms. The maximum atomic E-state index is 13.1. The summed E-state index contributed by atoms with van der Waals surface area (Å²) in [6.45, 7) is 1.28. The lowest BCUT2D eigenvalue weighted by molar-refractivity contribution is -0.118. The maximum absolute atomic E-state index is 13.1. The van der Waals surface area contributed by atoms with E-state index in [4.69, 9.17) is 9.72 Å². The SMILES string of the molecule is O=C(CCSc1ccc(F)cc1)N(CC1CCCO1)c1nc2ccc(Br)cc2s1. The van der Waals surface area contributed by atoms with Crippen molar-refractivity contribution >= 4 is 60.3 Å². The predicted octanol–water partition coefficient (Wildman–Crippen LogP) is 5.89. The van der Waals surface area contributed by atoms with Crippen molar-refractivity contribution < 1.29 is 13.9 Å². The first kappa shape index (κ1) is 20.8. The van der Waals surface area contributed by atoms with E-state index < -0.39 is 0 Å². The minimum atomic E-state index is -0.254. The Morgan fingerprint density at radius 2 is 2.14 bits per heavy atom. The van der Waals surface area contributed by atoms with Gasteiger partial charge in [0, 0.05) is 28.1 Å². The Hall–Kier alpha value is -1.48. The van der Waals surface area contributed by atoms with E-state index in [2.05, 4.69) is 15.9 Å². The van der Waals surface area contributed by atoms with Gasteiger partial charge in [0.2, 0.25) is 5.91 Å². The van der Waals surface area contributed by atoms with Crippen LogP contribution >= 0.6 is 39.0 Å². The number of carbonyl (C=O) groups excluding carboxylic acids is 1. The third kappa shape index (κ3) is 5.36. The summed E-state index contributed by atoms with van der Waals surface area (Å²) in [4.78, 5) is 20.5. The van der Waals surface area contributed by atoms with Crippen molar-refractivity contribution in [2.75, 3.05) is 23.8 Å². The fourth-order valence-electron chi connectivity index (χ4n) is 3.20. The van der Waals surface area contributed by atoms with E-state index in [-0.39, 0.29) is 17.8 Å². The smallest absolute Gasteiger partial charge is 0.229 e. The van der Waals surface area contributed by atoms with Crippen LogP contribution in [0.4, 0.5) is 9.52 Å². The van der Waals surface area contributed by atoms with Crippen LogP contribution in [0.2, 0.25) is 0 Å². The van der Waals surface area contributed by atoms with Gasteiger partial charge < -0.3 is 4.74 Å². The molecule has 0 saturated carbocycles. The number of halogens is 2. The second-order valence-electron chi connectivity index (χ2n) is 6.80. The highest BCUT2D eigenvalue weighted by Crippen LogP contribution is 2.32. The monoisotopic (exact) mass is 494 g/mol. The number of hydrogen-bond acceptors (Lipinski definition) is 5. The average Bonchev–Trinajstić information content (AvgIpc) is 3.36. The fraction of sp³-hybridized carbons (Fsp3) is 0.333. The number of ether oxygens (including phenoxy) is 1. The van der Waals surface area contributed by atoms with Gasteiger partial charge in [-0.1, -0.05) is 27.3 Å². The molecule has 2 aromatic carbocycles. The van der Waals surface area contributed by atoms with Gasteiger partial charge in [-0.3, -0.25) is 9.69 Å². The number of thiazole rings is 1. The van der Waals surface area contributed by atoms with Crippen LogP contribution in [0.1, 0.15) is 19.3 Å². The van der Waals surface area contributed by atoms with Crippen LogP contribution < -0.4 is 4.90 Å². The molecule has 4 nitrogen and oxygen atoms in total. The summed E-state index contributed by atoms with van der Waals surface area (Å²) in [6.07, 6.45) is 2.43. The van der Waals surface area contributed by atoms with Gasteiger partial charge in [0.1, 0.15) is 5.82 Å². The Bertz CT molecular complexity index is 990. The van der Waals surface area contributed by atoms with Crippen LogP contribution in [0.5, 0.6) is 0 Å². The topological polar surface area (TPSA) is 42.4 Å². The number of aromatic nitrogens is 1. The van der Waals surface area contributed by atoms with Gasteiger partial charge in [0.25, 0.3) is 0 Å². The highest BCUT2D eigenvalue weighted by Gasteiger charge is 2.26. The minimum Gasteiger partial charge on any atom is -0.376 e. The molecule has 1 saturated heterocycles. The number of carbonyl (C=O) groups is 1. The van der Waals surface area contributed by atoms with E-state index in [1.54, 1.807) is 28.8 Å². The molecule has 0 N–H and O–H groups in total. The molecule has 1 atom stereocenters. The second kappa shape index (κ2) is 9.55. The zero-order chi connectivity index (χ0) is 20.2. The molecule has 4 rings (SSSR count). The molecule has 1 aromatic heterocycles. The first-order chi connectivity index (χ1) is 14.1. The first-order valence-corrected chi connectivity index (χ1v) is 12.0. The van der Waals surface area contributed by atoms with E-state index in [1.165, 1.54) is 23.5 Å². The van der Waals surface area contributed by atoms with Crippen LogP contribution in [0.25, 0.3) is 10.2 Å². The standard InChI is InChI=1S/C21H20BrFN2O2S2/c22-14-3-8-18-19(12-14)29-21(24-18)25(13-16-2-1-10-27-16)20(26)9-11-28-17-6-4-15(23)5-7-17/h3-8,12,16H,1-2,9-11,13H2. The normalized spacial score (nSPS) is 16.4. The summed E-state index contributed by atoms with van der Waals surface area (Å²) in [6, 6.07) is 12.3. The van der Waals surface area contributed by atoms with Crippen LogP contribution in [-0.2, 0) is 9.53 Å². The number of nitrogens with zero attached hydrogens (tertiary/aromatic N) is 2. The number of benzene rings is 2. The van der Waals surface area contributed by atoms with Crippen molar-refractivity contribution in [2.45, 2.75) is 30.3 Å². The van der Waals surface area contributed by atoms with Crippen molar-refractivity contribution in [2.24, 2.45) is 0 Å². The molecule has 0 radical (unpaired) electrons. The molecule has 1 unspecified atom stereocenters. The molecular weight excluding hydrogens is 475 g/mol. The van der Waals surface area contributed by atoms with E-state index in [0.29, 0.717) is 23.8 Å². The summed E-state index contributed by atoms with van der Waals surface area (Å²) in [5.74, 6) is 0.409. The third-order valence-electron chi connectivity index (χ3n) is 4.68. The van der Waals surface area contributed by atoms with Crippen LogP contribution in [0.3, 0.4) is 0 Å². The molecule has 2 heterocycles. The third-order valence-corrected chi connectivity index (χ3v) is 7.23. The second-order valence-corrected chi connectivity index (χ2v) is 9.89. The zero-order valence-corrected chi connectivity index (χ0v) is 18.9. The molecule has 0 aliphatic carbocycles. The number of amides is 1. The number of rotatable bonds is 7. The Morgan fingerprint density at radius 1 is 1.31 bits per heavy atom. The summed E-state index contributed by atoms with van der Waals surface area (Å²) in [5, 5.41) is 0.713. The van der Waals surface area contributed by atoms with Crippen molar-refractivity contribution in [3.05, 3.63) is 52.8 Å². The number of fused-ring (bicyclic) bond motifs is 1. The lowest BCUT2D eigenvalue weighted by Crippen LogP contribution is -2.37. The number of anilines is 1. The van der Waals surface area contributed by atoms with Gasteiger partial charge in [-0.2, -0.15) is 0 Å². The summed E-state index contributed by atoms with van der Waals surface area (Å²) >= 11 is 6.57. The van der Waals surface area contributed by atoms with Crippen molar-refractivity contribution in [1.82, 2.24) is 4.98 Å². The molecule has 8 heteroatoms. The lowest BCUT2D eigenvalue weighted by Gasteiger charge is -2.23. The average molecular weight is 495 g/mol. The molecule has 3 aromatic rings. The maximum Gasteiger partial charge on any atom is 0.229 e. The Labute approximate surface area is 185 Å². The van der Waals surface area contributed by atoms with Gasteiger partial charge >= 0.3 is 0 Å². The van der Waals surface area contributed by atoms with Crippen LogP contribution in [-0.4, -0.2) is 35.9 Å². The number of thioether (sulfide) groups is 1. The molecule has 152 valence electrons. The molecule has 1 fully saturated rings. The number of hydrogen-bond donors (Lipinski definition) is 0. The molecule has 0 bridgehead atoms. The lowest BCUT2D eigenvalue weighted by atomic mass is 10.2. The molecule has 1 aliphatic rings. The van der Waals surface area contributed by atoms with Gasteiger partial charge in [-0.25, -0.2) is 9.37 Å². The Kier molecular flexibility index (Phi) is 6.85. The Morgan fingerprint density at radius 3 is 2.90 bits per heavy atom. The predicted molar refractivity (Wildman–Crippen MR) is 120 cm³/mol. The first-order valence-electron chi connectivity index (χ1n) is 9.45. The van der Waals surface area contributed by atoms with E-state index in [9.17, 15) is 9.18 Å². The zero-order valence-electron chi connectivity index (χ0n) is 15.6. The molecular formula is C21H20BrFN2O2S2. The van der Waals surface area contributed by atoms with Gasteiger partial charge in [-0.15, -0.1) is 11.8 Å². The van der Waals surface area contributed by atoms with Gasteiger partial charge in [0.15, 0.2) is 5.13 Å². The largest absolute Gasteiger partial charge is 0.376 e. The van der Waals surface area contributed by atoms with Gasteiger partial charge in [0.05, 0.1) is 22.9 Å². The summed E-state index contributed by atoms with van der Waals surface area (Å²) in [7, 11) is 0. The highest BCUT2D eigenvalue weighted by atomic mass is 79.9. The highest BCUT2D eigenvalue weighted by molar-refractivity contribution is 9.10. The molecule has 29 heavy (non-hydrogen) atoms. The van der Waals surface area contributed by atoms with E-state index >= 15 is 0 Å². The van der Waals surface area contributed by atoms with Crippen molar-refractivity contribution in [3.8, 4) is 0 Å². The molecule has 1 amide bonds. The minimum absolute atomic E-state index is 0.0354. The van der Waals surface area contributed by atoms with Crippen molar-refractivity contribution in [1.29, 1.82) is 0 Å².